The average molecular weight is 643 g/mol. The Bertz CT molecular complexity index is 1130. The summed E-state index contributed by atoms with van der Waals surface area (Å²) in [4.78, 5) is 37.9. The van der Waals surface area contributed by atoms with Crippen molar-refractivity contribution in [2.45, 2.75) is 128 Å². The zero-order valence-electron chi connectivity index (χ0n) is 27.9. The number of fused-ring (bicyclic) bond motifs is 2. The molecule has 2 saturated carbocycles. The number of unbranched alkanes of at least 4 members (excludes halogenated alkanes) is 5. The lowest BCUT2D eigenvalue weighted by molar-refractivity contribution is -0.160. The van der Waals surface area contributed by atoms with Crippen LogP contribution in [0, 0.1) is 29.6 Å². The van der Waals surface area contributed by atoms with Gasteiger partial charge in [-0.1, -0.05) is 57.6 Å². The van der Waals surface area contributed by atoms with Crippen LogP contribution in [0.4, 0.5) is 0 Å². The predicted molar refractivity (Wildman–Crippen MR) is 177 cm³/mol. The van der Waals surface area contributed by atoms with Crippen LogP contribution in [0.25, 0.3) is 0 Å². The minimum Gasteiger partial charge on any atom is -0.482 e. The second kappa shape index (κ2) is 18.6. The fourth-order valence-corrected chi connectivity index (χ4v) is 8.29. The first-order valence-corrected chi connectivity index (χ1v) is 18.1. The largest absolute Gasteiger partial charge is 0.482 e. The second-order valence-electron chi connectivity index (χ2n) is 14.0. The Hall–Kier alpha value is -2.65. The van der Waals surface area contributed by atoms with Crippen LogP contribution in [0.3, 0.4) is 0 Å². The Morgan fingerprint density at radius 2 is 1.78 bits per heavy atom. The Morgan fingerprint density at radius 1 is 1.00 bits per heavy atom. The van der Waals surface area contributed by atoms with Crippen molar-refractivity contribution in [2.75, 3.05) is 19.7 Å². The number of ether oxygens (including phenoxy) is 2. The van der Waals surface area contributed by atoms with Gasteiger partial charge >= 0.3 is 11.9 Å². The molecular formula is C37H58N2O7. The van der Waals surface area contributed by atoms with Crippen LogP contribution in [-0.2, 0) is 32.0 Å². The SMILES string of the molecule is CCCCC[C@@H](CC[C@@H]1[C@H]2Cc3cccc(OCC(=O)O)c3C[C@H]2C[C@H]1O)OC(=O)C1CCCCC1C(=O)NCCCCCCN. The van der Waals surface area contributed by atoms with E-state index in [4.69, 9.17) is 20.3 Å². The molecule has 3 aliphatic carbocycles. The third kappa shape index (κ3) is 10.2. The van der Waals surface area contributed by atoms with Crippen molar-refractivity contribution >= 4 is 17.8 Å². The van der Waals surface area contributed by atoms with E-state index in [0.717, 1.165) is 95.5 Å². The number of benzene rings is 1. The number of carboxylic acid groups (broad SMARTS) is 1. The number of hydrogen-bond acceptors (Lipinski definition) is 7. The molecule has 0 bridgehead atoms. The van der Waals surface area contributed by atoms with Gasteiger partial charge in [0.2, 0.25) is 5.91 Å². The Labute approximate surface area is 275 Å². The topological polar surface area (TPSA) is 148 Å². The number of esters is 1. The Kier molecular flexibility index (Phi) is 14.7. The summed E-state index contributed by atoms with van der Waals surface area (Å²) in [5.74, 6) is -0.574. The highest BCUT2D eigenvalue weighted by atomic mass is 16.5. The van der Waals surface area contributed by atoms with Gasteiger partial charge in [-0.15, -0.1) is 0 Å². The Morgan fingerprint density at radius 3 is 2.54 bits per heavy atom. The monoisotopic (exact) mass is 642 g/mol. The van der Waals surface area contributed by atoms with Crippen molar-refractivity contribution < 1.29 is 34.1 Å². The van der Waals surface area contributed by atoms with E-state index in [-0.39, 0.29) is 36.4 Å². The third-order valence-corrected chi connectivity index (χ3v) is 10.8. The molecule has 2 fully saturated rings. The van der Waals surface area contributed by atoms with Crippen LogP contribution >= 0.6 is 0 Å². The molecule has 0 radical (unpaired) electrons. The van der Waals surface area contributed by atoms with Gasteiger partial charge in [0.15, 0.2) is 6.61 Å². The van der Waals surface area contributed by atoms with E-state index in [0.29, 0.717) is 49.9 Å². The van der Waals surface area contributed by atoms with Crippen LogP contribution in [-0.4, -0.2) is 60.0 Å². The number of amides is 1. The molecule has 0 aromatic heterocycles. The van der Waals surface area contributed by atoms with E-state index in [2.05, 4.69) is 18.3 Å². The number of carbonyl (C=O) groups is 3. The molecule has 1 aromatic carbocycles. The van der Waals surface area contributed by atoms with Gasteiger partial charge in [-0.2, -0.15) is 0 Å². The molecule has 258 valence electrons. The van der Waals surface area contributed by atoms with Crippen LogP contribution in [0.2, 0.25) is 0 Å². The predicted octanol–water partition coefficient (Wildman–Crippen LogP) is 5.58. The lowest BCUT2D eigenvalue weighted by Crippen LogP contribution is -2.41. The minimum absolute atomic E-state index is 0.0165. The fourth-order valence-electron chi connectivity index (χ4n) is 8.29. The first-order valence-electron chi connectivity index (χ1n) is 18.1. The molecule has 4 rings (SSSR count). The highest BCUT2D eigenvalue weighted by molar-refractivity contribution is 5.85. The van der Waals surface area contributed by atoms with Crippen molar-refractivity contribution in [3.05, 3.63) is 29.3 Å². The summed E-state index contributed by atoms with van der Waals surface area (Å²) in [5.41, 5.74) is 7.82. The number of aliphatic carboxylic acids is 1. The standard InChI is InChI=1S/C37H58N2O7/c1-2-3-6-13-27(46-37(44)30-15-8-7-14-29(30)36(43)39-20-10-5-4-9-19-38)17-18-28-31-21-25-12-11-16-34(45-24-35(41)42)32(25)22-26(31)23-33(28)40/h11-12,16,26-31,33,40H,2-10,13-15,17-24,38H2,1H3,(H,39,43)(H,41,42)/t26-,27-,28+,29?,30?,31-,33+/m0/s1. The van der Waals surface area contributed by atoms with Gasteiger partial charge in [-0.25, -0.2) is 4.79 Å². The van der Waals surface area contributed by atoms with Crippen LogP contribution in [0.1, 0.15) is 114 Å². The summed E-state index contributed by atoms with van der Waals surface area (Å²) in [6, 6.07) is 5.85. The van der Waals surface area contributed by atoms with Crippen molar-refractivity contribution in [1.82, 2.24) is 5.32 Å². The quantitative estimate of drug-likeness (QED) is 0.113. The number of nitrogens with two attached hydrogens (primary N) is 1. The number of carbonyl (C=O) groups excluding carboxylic acids is 2. The molecule has 46 heavy (non-hydrogen) atoms. The average Bonchev–Trinajstić information content (AvgIpc) is 3.36. The Balaban J connectivity index is 1.35. The van der Waals surface area contributed by atoms with E-state index in [1.54, 1.807) is 0 Å². The molecule has 0 heterocycles. The van der Waals surface area contributed by atoms with E-state index in [9.17, 15) is 19.5 Å². The van der Waals surface area contributed by atoms with Crippen molar-refractivity contribution in [3.63, 3.8) is 0 Å². The number of nitrogens with one attached hydrogen (secondary N) is 1. The lowest BCUT2D eigenvalue weighted by atomic mass is 9.73. The van der Waals surface area contributed by atoms with E-state index in [1.807, 2.05) is 12.1 Å². The summed E-state index contributed by atoms with van der Waals surface area (Å²) in [7, 11) is 0. The zero-order chi connectivity index (χ0) is 32.9. The van der Waals surface area contributed by atoms with Crippen molar-refractivity contribution in [3.8, 4) is 5.75 Å². The molecule has 5 N–H and O–H groups in total. The maximum absolute atomic E-state index is 13.6. The summed E-state index contributed by atoms with van der Waals surface area (Å²) >= 11 is 0. The van der Waals surface area contributed by atoms with E-state index in [1.165, 1.54) is 5.56 Å². The molecule has 3 aliphatic rings. The molecule has 1 amide bonds. The number of carboxylic acids is 1. The highest BCUT2D eigenvalue weighted by Gasteiger charge is 2.45. The fraction of sp³-hybridized carbons (Fsp3) is 0.757. The summed E-state index contributed by atoms with van der Waals surface area (Å²) in [5, 5.41) is 23.4. The molecule has 7 atom stereocenters. The third-order valence-electron chi connectivity index (χ3n) is 10.8. The van der Waals surface area contributed by atoms with Gasteiger partial charge in [0.25, 0.3) is 0 Å². The van der Waals surface area contributed by atoms with Gasteiger partial charge < -0.3 is 30.7 Å². The van der Waals surface area contributed by atoms with Gasteiger partial charge in [-0.05, 0) is 112 Å². The summed E-state index contributed by atoms with van der Waals surface area (Å²) in [6.07, 6.45) is 14.5. The number of aliphatic hydroxyl groups excluding tert-OH is 1. The minimum atomic E-state index is -0.996. The second-order valence-corrected chi connectivity index (χ2v) is 14.0. The van der Waals surface area contributed by atoms with Gasteiger partial charge in [0.05, 0.1) is 17.9 Å². The van der Waals surface area contributed by atoms with Crippen LogP contribution in [0.5, 0.6) is 5.75 Å². The maximum Gasteiger partial charge on any atom is 0.341 e. The maximum atomic E-state index is 13.6. The van der Waals surface area contributed by atoms with Gasteiger partial charge in [0.1, 0.15) is 11.9 Å². The first kappa shape index (κ1) is 36.2. The van der Waals surface area contributed by atoms with Crippen LogP contribution in [0.15, 0.2) is 18.2 Å². The number of aliphatic hydroxyl groups is 1. The summed E-state index contributed by atoms with van der Waals surface area (Å²) in [6.45, 7) is 3.13. The number of hydrogen-bond donors (Lipinski definition) is 4. The van der Waals surface area contributed by atoms with Gasteiger partial charge in [-0.3, -0.25) is 9.59 Å². The molecule has 1 aromatic rings. The molecule has 0 spiro atoms. The molecule has 0 aliphatic heterocycles. The lowest BCUT2D eigenvalue weighted by Gasteiger charge is -2.33. The van der Waals surface area contributed by atoms with Crippen LogP contribution < -0.4 is 15.8 Å². The molecular weight excluding hydrogens is 584 g/mol. The number of rotatable bonds is 19. The molecule has 9 heteroatoms. The smallest absolute Gasteiger partial charge is 0.341 e. The first-order chi connectivity index (χ1) is 22.3. The summed E-state index contributed by atoms with van der Waals surface area (Å²) < 4.78 is 11.9. The van der Waals surface area contributed by atoms with E-state index >= 15 is 0 Å². The molecule has 9 nitrogen and oxygen atoms in total. The van der Waals surface area contributed by atoms with Crippen molar-refractivity contribution in [2.24, 2.45) is 35.3 Å². The van der Waals surface area contributed by atoms with E-state index < -0.39 is 18.0 Å². The van der Waals surface area contributed by atoms with Crippen molar-refractivity contribution in [1.29, 1.82) is 0 Å². The van der Waals surface area contributed by atoms with Gasteiger partial charge in [0, 0.05) is 6.54 Å². The molecule has 0 saturated heterocycles. The normalized spacial score (nSPS) is 26.1. The molecule has 2 unspecified atom stereocenters. The zero-order valence-corrected chi connectivity index (χ0v) is 27.9. The highest BCUT2D eigenvalue weighted by Crippen LogP contribution is 2.48.